The van der Waals surface area contributed by atoms with Gasteiger partial charge in [-0.2, -0.15) is 0 Å². The number of rotatable bonds is 5. The minimum Gasteiger partial charge on any atom is -0.468 e. The van der Waals surface area contributed by atoms with Crippen molar-refractivity contribution in [3.8, 4) is 0 Å². The summed E-state index contributed by atoms with van der Waals surface area (Å²) in [4.78, 5) is 32.1. The number of hydrogen-bond donors (Lipinski definition) is 0. The zero-order valence-corrected chi connectivity index (χ0v) is 9.73. The molecule has 1 rings (SSSR count). The molecule has 0 aliphatic rings. The Morgan fingerprint density at radius 2 is 2.29 bits per heavy atom. The van der Waals surface area contributed by atoms with Crippen LogP contribution in [0.5, 0.6) is 0 Å². The van der Waals surface area contributed by atoms with Gasteiger partial charge in [-0.1, -0.05) is 0 Å². The number of nitro benzene ring substituents is 1. The van der Waals surface area contributed by atoms with Gasteiger partial charge in [0.1, 0.15) is 0 Å². The molecule has 17 heavy (non-hydrogen) atoms. The minimum atomic E-state index is -0.582. The van der Waals surface area contributed by atoms with Crippen molar-refractivity contribution in [2.45, 2.75) is 4.90 Å². The molecule has 0 aliphatic heterocycles. The molecule has 6 nitrogen and oxygen atoms in total. The van der Waals surface area contributed by atoms with Gasteiger partial charge in [-0.15, -0.1) is 11.8 Å². The Balaban J connectivity index is 2.89. The fraction of sp³-hybridized carbons (Fsp3) is 0.200. The Kier molecular flexibility index (Phi) is 4.65. The summed E-state index contributed by atoms with van der Waals surface area (Å²) >= 11 is 1.10. The topological polar surface area (TPSA) is 86.5 Å². The summed E-state index contributed by atoms with van der Waals surface area (Å²) < 4.78 is 4.45. The summed E-state index contributed by atoms with van der Waals surface area (Å²) in [6.45, 7) is 0. The van der Waals surface area contributed by atoms with Crippen LogP contribution in [-0.4, -0.2) is 30.0 Å². The van der Waals surface area contributed by atoms with Crippen molar-refractivity contribution in [2.24, 2.45) is 0 Å². The summed E-state index contributed by atoms with van der Waals surface area (Å²) in [6.07, 6.45) is 0.520. The van der Waals surface area contributed by atoms with Gasteiger partial charge in [0.15, 0.2) is 6.29 Å². The third-order valence-corrected chi connectivity index (χ3v) is 2.97. The van der Waals surface area contributed by atoms with Crippen LogP contribution >= 0.6 is 11.8 Å². The van der Waals surface area contributed by atoms with Crippen LogP contribution in [0.3, 0.4) is 0 Å². The normalized spacial score (nSPS) is 9.71. The van der Waals surface area contributed by atoms with Crippen molar-refractivity contribution in [1.82, 2.24) is 0 Å². The molecule has 0 radical (unpaired) electrons. The van der Waals surface area contributed by atoms with Gasteiger partial charge in [0.25, 0.3) is 5.69 Å². The van der Waals surface area contributed by atoms with E-state index >= 15 is 0 Å². The van der Waals surface area contributed by atoms with Crippen molar-refractivity contribution in [3.63, 3.8) is 0 Å². The van der Waals surface area contributed by atoms with E-state index < -0.39 is 10.9 Å². The lowest BCUT2D eigenvalue weighted by molar-refractivity contribution is -0.384. The van der Waals surface area contributed by atoms with Crippen LogP contribution in [0.15, 0.2) is 23.1 Å². The second kappa shape index (κ2) is 6.00. The number of thioether (sulfide) groups is 1. The van der Waals surface area contributed by atoms with Crippen molar-refractivity contribution in [2.75, 3.05) is 12.9 Å². The maximum Gasteiger partial charge on any atom is 0.315 e. The number of ether oxygens (including phenoxy) is 1. The van der Waals surface area contributed by atoms with E-state index in [1.807, 2.05) is 0 Å². The summed E-state index contributed by atoms with van der Waals surface area (Å²) in [6, 6.07) is 3.90. The van der Waals surface area contributed by atoms with Crippen molar-refractivity contribution in [3.05, 3.63) is 33.9 Å². The number of benzene rings is 1. The van der Waals surface area contributed by atoms with E-state index in [1.54, 1.807) is 0 Å². The van der Waals surface area contributed by atoms with Gasteiger partial charge in [0, 0.05) is 22.6 Å². The van der Waals surface area contributed by atoms with Gasteiger partial charge in [-0.05, 0) is 6.07 Å². The van der Waals surface area contributed by atoms with Crippen LogP contribution in [0.25, 0.3) is 0 Å². The van der Waals surface area contributed by atoms with Crippen LogP contribution in [0, 0.1) is 10.1 Å². The third-order valence-electron chi connectivity index (χ3n) is 1.90. The molecule has 0 unspecified atom stereocenters. The quantitative estimate of drug-likeness (QED) is 0.261. The lowest BCUT2D eigenvalue weighted by Crippen LogP contribution is -2.03. The van der Waals surface area contributed by atoms with Gasteiger partial charge < -0.3 is 4.74 Å². The van der Waals surface area contributed by atoms with Crippen molar-refractivity contribution < 1.29 is 19.2 Å². The molecule has 1 aromatic carbocycles. The Morgan fingerprint density at radius 3 is 2.82 bits per heavy atom. The molecule has 0 spiro atoms. The smallest absolute Gasteiger partial charge is 0.315 e. The number of carbonyl (C=O) groups is 2. The Bertz CT molecular complexity index is 460. The highest BCUT2D eigenvalue weighted by Gasteiger charge is 2.12. The Morgan fingerprint density at radius 1 is 1.59 bits per heavy atom. The highest BCUT2D eigenvalue weighted by Crippen LogP contribution is 2.25. The molecule has 1 aromatic rings. The third kappa shape index (κ3) is 3.56. The average Bonchev–Trinajstić information content (AvgIpc) is 2.35. The number of aldehydes is 1. The number of carbonyl (C=O) groups excluding carboxylic acids is 2. The second-order valence-corrected chi connectivity index (χ2v) is 3.98. The van der Waals surface area contributed by atoms with Gasteiger partial charge >= 0.3 is 5.97 Å². The molecule has 0 heterocycles. The molecular weight excluding hydrogens is 246 g/mol. The highest BCUT2D eigenvalue weighted by atomic mass is 32.2. The van der Waals surface area contributed by atoms with E-state index in [0.29, 0.717) is 11.2 Å². The molecule has 90 valence electrons. The fourth-order valence-corrected chi connectivity index (χ4v) is 1.90. The first-order valence-electron chi connectivity index (χ1n) is 4.51. The monoisotopic (exact) mass is 255 g/mol. The molecule has 0 amide bonds. The SMILES string of the molecule is COC(=O)CSc1ccc([N+](=O)[O-])cc1C=O. The van der Waals surface area contributed by atoms with Crippen LogP contribution in [-0.2, 0) is 9.53 Å². The van der Waals surface area contributed by atoms with Gasteiger partial charge in [0.2, 0.25) is 0 Å². The first kappa shape index (κ1) is 13.2. The van der Waals surface area contributed by atoms with Gasteiger partial charge in [-0.25, -0.2) is 0 Å². The van der Waals surface area contributed by atoms with E-state index in [-0.39, 0.29) is 17.0 Å². The predicted molar refractivity (Wildman–Crippen MR) is 61.2 cm³/mol. The second-order valence-electron chi connectivity index (χ2n) is 2.96. The summed E-state index contributed by atoms with van der Waals surface area (Å²) in [5.41, 5.74) is 0.0302. The van der Waals surface area contributed by atoms with E-state index in [4.69, 9.17) is 0 Å². The fourth-order valence-electron chi connectivity index (χ4n) is 1.07. The van der Waals surface area contributed by atoms with E-state index in [0.717, 1.165) is 11.8 Å². The molecule has 0 fully saturated rings. The number of nitrogens with zero attached hydrogens (tertiary/aromatic N) is 1. The first-order valence-corrected chi connectivity index (χ1v) is 5.50. The summed E-state index contributed by atoms with van der Waals surface area (Å²) in [7, 11) is 1.26. The Labute approximate surface area is 101 Å². The number of esters is 1. The molecule has 0 atom stereocenters. The van der Waals surface area contributed by atoms with E-state index in [9.17, 15) is 19.7 Å². The standard InChI is InChI=1S/C10H9NO5S/c1-16-10(13)6-17-9-3-2-8(11(14)15)4-7(9)5-12/h2-5H,6H2,1H3. The first-order chi connectivity index (χ1) is 8.08. The van der Waals surface area contributed by atoms with Crippen LogP contribution in [0.4, 0.5) is 5.69 Å². The molecule has 7 heteroatoms. The zero-order valence-electron chi connectivity index (χ0n) is 8.91. The highest BCUT2D eigenvalue weighted by molar-refractivity contribution is 8.00. The largest absolute Gasteiger partial charge is 0.468 e. The molecule has 0 bridgehead atoms. The molecule has 0 aromatic heterocycles. The predicted octanol–water partition coefficient (Wildman–Crippen LogP) is 1.67. The van der Waals surface area contributed by atoms with Gasteiger partial charge in [-0.3, -0.25) is 19.7 Å². The van der Waals surface area contributed by atoms with E-state index in [1.165, 1.54) is 25.3 Å². The molecule has 0 aliphatic carbocycles. The zero-order chi connectivity index (χ0) is 12.8. The number of nitro groups is 1. The maximum absolute atomic E-state index is 10.9. The number of non-ortho nitro benzene ring substituents is 1. The van der Waals surface area contributed by atoms with Crippen LogP contribution in [0.1, 0.15) is 10.4 Å². The average molecular weight is 255 g/mol. The van der Waals surface area contributed by atoms with Gasteiger partial charge in [0.05, 0.1) is 17.8 Å². The van der Waals surface area contributed by atoms with Crippen LogP contribution in [0.2, 0.25) is 0 Å². The lowest BCUT2D eigenvalue weighted by atomic mass is 10.2. The summed E-state index contributed by atoms with van der Waals surface area (Å²) in [5, 5.41) is 10.5. The molecular formula is C10H9NO5S. The van der Waals surface area contributed by atoms with E-state index in [2.05, 4.69) is 4.74 Å². The van der Waals surface area contributed by atoms with Crippen LogP contribution < -0.4 is 0 Å². The van der Waals surface area contributed by atoms with Crippen molar-refractivity contribution in [1.29, 1.82) is 0 Å². The maximum atomic E-state index is 10.9. The molecule has 0 N–H and O–H groups in total. The summed E-state index contributed by atoms with van der Waals surface area (Å²) in [5.74, 6) is -0.375. The number of hydrogen-bond acceptors (Lipinski definition) is 6. The minimum absolute atomic E-state index is 0.0507. The molecule has 0 saturated carbocycles. The Hall–Kier alpha value is -1.89. The van der Waals surface area contributed by atoms with Crippen molar-refractivity contribution >= 4 is 29.7 Å². The molecule has 0 saturated heterocycles. The lowest BCUT2D eigenvalue weighted by Gasteiger charge is -2.03. The number of methoxy groups -OCH3 is 1.